The molecule has 1 N–H and O–H groups in total. The smallest absolute Gasteiger partial charge is 0.328 e. The lowest BCUT2D eigenvalue weighted by atomic mass is 10.0. The minimum Gasteiger partial charge on any atom is -0.497 e. The number of carboxylic acid groups (broad SMARTS) is 1. The zero-order valence-corrected chi connectivity index (χ0v) is 11.9. The van der Waals surface area contributed by atoms with Crippen LogP contribution < -0.4 is 9.47 Å². The van der Waals surface area contributed by atoms with Gasteiger partial charge in [-0.2, -0.15) is 0 Å². The van der Waals surface area contributed by atoms with E-state index in [1.807, 2.05) is 17.5 Å². The lowest BCUT2D eigenvalue weighted by Crippen LogP contribution is -1.97. The van der Waals surface area contributed by atoms with Crippen LogP contribution in [0.25, 0.3) is 5.57 Å². The normalized spacial score (nSPS) is 11.2. The molecule has 0 saturated carbocycles. The highest BCUT2D eigenvalue weighted by atomic mass is 32.1. The Morgan fingerprint density at radius 2 is 2.05 bits per heavy atom. The maximum absolute atomic E-state index is 11.1. The fourth-order valence-electron chi connectivity index (χ4n) is 1.86. The van der Waals surface area contributed by atoms with Crippen LogP contribution in [0.5, 0.6) is 11.5 Å². The van der Waals surface area contributed by atoms with E-state index in [1.165, 1.54) is 17.4 Å². The summed E-state index contributed by atoms with van der Waals surface area (Å²) in [7, 11) is 3.12. The van der Waals surface area contributed by atoms with Gasteiger partial charge in [-0.15, -0.1) is 11.3 Å². The van der Waals surface area contributed by atoms with E-state index in [0.29, 0.717) is 22.6 Å². The fourth-order valence-corrected chi connectivity index (χ4v) is 2.62. The average molecular weight is 290 g/mol. The number of methoxy groups -OCH3 is 2. The third-order valence-electron chi connectivity index (χ3n) is 2.75. The second-order valence-electron chi connectivity index (χ2n) is 3.94. The molecule has 1 aromatic carbocycles. The number of carboxylic acids is 1. The Bertz CT molecular complexity index is 629. The Hall–Kier alpha value is -2.27. The summed E-state index contributed by atoms with van der Waals surface area (Å²) >= 11 is 1.47. The fraction of sp³-hybridized carbons (Fsp3) is 0.133. The molecule has 0 fully saturated rings. The molecule has 0 saturated heterocycles. The number of benzene rings is 1. The van der Waals surface area contributed by atoms with Crippen molar-refractivity contribution in [2.45, 2.75) is 0 Å². The average Bonchev–Trinajstić information content (AvgIpc) is 2.97. The van der Waals surface area contributed by atoms with Gasteiger partial charge in [-0.3, -0.25) is 0 Å². The van der Waals surface area contributed by atoms with Gasteiger partial charge >= 0.3 is 5.97 Å². The van der Waals surface area contributed by atoms with Crippen molar-refractivity contribution < 1.29 is 19.4 Å². The minimum absolute atomic E-state index is 0.600. The summed E-state index contributed by atoms with van der Waals surface area (Å²) in [5.74, 6) is 0.249. The van der Waals surface area contributed by atoms with E-state index in [0.717, 1.165) is 4.88 Å². The monoisotopic (exact) mass is 290 g/mol. The topological polar surface area (TPSA) is 55.8 Å². The van der Waals surface area contributed by atoms with Crippen molar-refractivity contribution in [1.82, 2.24) is 0 Å². The summed E-state index contributed by atoms with van der Waals surface area (Å²) in [6, 6.07) is 9.06. The van der Waals surface area contributed by atoms with Crippen LogP contribution in [0.4, 0.5) is 0 Å². The molecule has 0 unspecified atom stereocenters. The molecule has 1 heterocycles. The zero-order chi connectivity index (χ0) is 14.5. The van der Waals surface area contributed by atoms with Crippen LogP contribution >= 0.6 is 11.3 Å². The van der Waals surface area contributed by atoms with E-state index < -0.39 is 5.97 Å². The van der Waals surface area contributed by atoms with Crippen molar-refractivity contribution in [3.05, 3.63) is 52.2 Å². The van der Waals surface area contributed by atoms with E-state index in [9.17, 15) is 4.79 Å². The maximum atomic E-state index is 11.1. The lowest BCUT2D eigenvalue weighted by molar-refractivity contribution is -0.131. The molecule has 0 atom stereocenters. The van der Waals surface area contributed by atoms with Gasteiger partial charge in [-0.1, -0.05) is 6.07 Å². The molecule has 1 aromatic heterocycles. The summed E-state index contributed by atoms with van der Waals surface area (Å²) in [5.41, 5.74) is 1.29. The molecule has 0 bridgehead atoms. The van der Waals surface area contributed by atoms with Crippen molar-refractivity contribution in [2.75, 3.05) is 14.2 Å². The molecule has 2 rings (SSSR count). The zero-order valence-electron chi connectivity index (χ0n) is 11.1. The van der Waals surface area contributed by atoms with Crippen molar-refractivity contribution in [1.29, 1.82) is 0 Å². The predicted molar refractivity (Wildman–Crippen MR) is 78.6 cm³/mol. The van der Waals surface area contributed by atoms with Crippen LogP contribution in [0.1, 0.15) is 10.4 Å². The highest BCUT2D eigenvalue weighted by molar-refractivity contribution is 7.11. The predicted octanol–water partition coefficient (Wildman–Crippen LogP) is 3.28. The molecule has 104 valence electrons. The Balaban J connectivity index is 2.62. The second-order valence-corrected chi connectivity index (χ2v) is 4.89. The van der Waals surface area contributed by atoms with E-state index in [-0.39, 0.29) is 0 Å². The summed E-state index contributed by atoms with van der Waals surface area (Å²) in [5, 5.41) is 11.0. The standard InChI is InChI=1S/C15H14O4S/c1-18-10-5-6-13(19-2)11(8-10)12(9-15(16)17)14-4-3-7-20-14/h3-9H,1-2H3,(H,16,17)/b12-9-. The van der Waals surface area contributed by atoms with Crippen LogP contribution in [0, 0.1) is 0 Å². The summed E-state index contributed by atoms with van der Waals surface area (Å²) in [6.45, 7) is 0. The number of hydrogen-bond donors (Lipinski definition) is 1. The van der Waals surface area contributed by atoms with Gasteiger partial charge in [-0.05, 0) is 29.6 Å². The Kier molecular flexibility index (Phi) is 4.42. The van der Waals surface area contributed by atoms with Crippen LogP contribution in [0.3, 0.4) is 0 Å². The molecule has 0 aliphatic rings. The molecule has 0 aliphatic heterocycles. The molecular formula is C15H14O4S. The second kappa shape index (κ2) is 6.25. The third-order valence-corrected chi connectivity index (χ3v) is 3.65. The van der Waals surface area contributed by atoms with Gasteiger partial charge in [0, 0.05) is 22.1 Å². The molecule has 5 heteroatoms. The summed E-state index contributed by atoms with van der Waals surface area (Å²) in [4.78, 5) is 11.9. The molecule has 0 amide bonds. The third kappa shape index (κ3) is 3.00. The molecule has 20 heavy (non-hydrogen) atoms. The molecular weight excluding hydrogens is 276 g/mol. The molecule has 0 radical (unpaired) electrons. The van der Waals surface area contributed by atoms with Crippen molar-refractivity contribution in [3.8, 4) is 11.5 Å². The van der Waals surface area contributed by atoms with Gasteiger partial charge in [0.15, 0.2) is 0 Å². The van der Waals surface area contributed by atoms with Gasteiger partial charge in [0.1, 0.15) is 11.5 Å². The van der Waals surface area contributed by atoms with Crippen LogP contribution in [-0.4, -0.2) is 25.3 Å². The number of hydrogen-bond acceptors (Lipinski definition) is 4. The lowest BCUT2D eigenvalue weighted by Gasteiger charge is -2.12. The van der Waals surface area contributed by atoms with Gasteiger partial charge in [-0.25, -0.2) is 4.79 Å². The number of carbonyl (C=O) groups is 1. The highest BCUT2D eigenvalue weighted by Gasteiger charge is 2.14. The molecule has 0 aliphatic carbocycles. The van der Waals surface area contributed by atoms with Gasteiger partial charge < -0.3 is 14.6 Å². The van der Waals surface area contributed by atoms with Crippen LogP contribution in [-0.2, 0) is 4.79 Å². The van der Waals surface area contributed by atoms with Gasteiger partial charge in [0.2, 0.25) is 0 Å². The molecule has 4 nitrogen and oxygen atoms in total. The summed E-state index contributed by atoms with van der Waals surface area (Å²) in [6.07, 6.45) is 1.18. The van der Waals surface area contributed by atoms with E-state index in [2.05, 4.69) is 0 Å². The number of rotatable bonds is 5. The minimum atomic E-state index is -1.00. The van der Waals surface area contributed by atoms with Crippen molar-refractivity contribution in [2.24, 2.45) is 0 Å². The number of thiophene rings is 1. The van der Waals surface area contributed by atoms with Crippen LogP contribution in [0.15, 0.2) is 41.8 Å². The first-order valence-electron chi connectivity index (χ1n) is 5.86. The number of ether oxygens (including phenoxy) is 2. The first-order valence-corrected chi connectivity index (χ1v) is 6.74. The quantitative estimate of drug-likeness (QED) is 0.859. The van der Waals surface area contributed by atoms with Crippen molar-refractivity contribution in [3.63, 3.8) is 0 Å². The van der Waals surface area contributed by atoms with E-state index in [4.69, 9.17) is 14.6 Å². The van der Waals surface area contributed by atoms with Crippen LogP contribution in [0.2, 0.25) is 0 Å². The summed E-state index contributed by atoms with van der Waals surface area (Å²) < 4.78 is 10.5. The van der Waals surface area contributed by atoms with Gasteiger partial charge in [0.25, 0.3) is 0 Å². The Labute approximate surface area is 120 Å². The molecule has 0 spiro atoms. The van der Waals surface area contributed by atoms with E-state index in [1.54, 1.807) is 32.4 Å². The Morgan fingerprint density at radius 1 is 1.25 bits per heavy atom. The first kappa shape index (κ1) is 14.1. The van der Waals surface area contributed by atoms with E-state index >= 15 is 0 Å². The first-order chi connectivity index (χ1) is 9.65. The van der Waals surface area contributed by atoms with Gasteiger partial charge in [0.05, 0.1) is 14.2 Å². The SMILES string of the molecule is COc1ccc(OC)c(/C(=C/C(=O)O)c2cccs2)c1. The maximum Gasteiger partial charge on any atom is 0.328 e. The Morgan fingerprint density at radius 3 is 2.60 bits per heavy atom. The number of aliphatic carboxylic acids is 1. The van der Waals surface area contributed by atoms with Crippen molar-refractivity contribution >= 4 is 22.9 Å². The highest BCUT2D eigenvalue weighted by Crippen LogP contribution is 2.35. The largest absolute Gasteiger partial charge is 0.497 e. The molecule has 2 aromatic rings.